The van der Waals surface area contributed by atoms with Gasteiger partial charge < -0.3 is 19.7 Å². The summed E-state index contributed by atoms with van der Waals surface area (Å²) in [5.41, 5.74) is 2.96. The topological polar surface area (TPSA) is 120 Å². The van der Waals surface area contributed by atoms with Crippen molar-refractivity contribution < 1.29 is 32.9 Å². The first-order valence-electron chi connectivity index (χ1n) is 14.3. The molecule has 6 rings (SSSR count). The number of rotatable bonds is 11. The molecule has 0 aliphatic carbocycles. The molecule has 2 aromatic heterocycles. The number of phenols is 2. The van der Waals surface area contributed by atoms with E-state index in [1.165, 1.54) is 27.8 Å². The summed E-state index contributed by atoms with van der Waals surface area (Å²) in [5, 5.41) is 37.9. The van der Waals surface area contributed by atoms with Gasteiger partial charge in [0.2, 0.25) is 0 Å². The molecular weight excluding hydrogens is 589 g/mol. The van der Waals surface area contributed by atoms with Crippen LogP contribution in [0.3, 0.4) is 0 Å². The van der Waals surface area contributed by atoms with Crippen LogP contribution < -0.4 is 9.47 Å². The second kappa shape index (κ2) is 12.3. The second-order valence-corrected chi connectivity index (χ2v) is 10.6. The number of aromatic hydroxyl groups is 2. The summed E-state index contributed by atoms with van der Waals surface area (Å²) in [6.45, 7) is 2.87. The molecule has 0 atom stereocenters. The van der Waals surface area contributed by atoms with E-state index in [0.29, 0.717) is 41.6 Å². The molecule has 0 saturated carbocycles. The van der Waals surface area contributed by atoms with E-state index < -0.39 is 11.7 Å². The summed E-state index contributed by atoms with van der Waals surface area (Å²) in [4.78, 5) is 2.58. The van der Waals surface area contributed by atoms with Crippen molar-refractivity contribution in [2.45, 2.75) is 38.8 Å². The van der Waals surface area contributed by atoms with Gasteiger partial charge in [-0.05, 0) is 80.6 Å². The third-order valence-corrected chi connectivity index (χ3v) is 7.09. The number of alkyl halides is 3. The van der Waals surface area contributed by atoms with Gasteiger partial charge in [-0.15, -0.1) is 25.2 Å². The molecule has 232 valence electrons. The predicted octanol–water partition coefficient (Wildman–Crippen LogP) is 6.91. The van der Waals surface area contributed by atoms with Crippen molar-refractivity contribution in [3.63, 3.8) is 0 Å². The minimum Gasteiger partial charge on any atom is -0.508 e. The van der Waals surface area contributed by atoms with Crippen LogP contribution in [0.25, 0.3) is 33.4 Å². The van der Waals surface area contributed by atoms with E-state index in [1.807, 2.05) is 25.1 Å². The molecule has 2 heterocycles. The van der Waals surface area contributed by atoms with Gasteiger partial charge >= 0.3 is 6.18 Å². The molecule has 0 bridgehead atoms. The van der Waals surface area contributed by atoms with Gasteiger partial charge in [-0.2, -0.15) is 18.0 Å². The third kappa shape index (κ3) is 6.92. The minimum atomic E-state index is -4.48. The van der Waals surface area contributed by atoms with Crippen molar-refractivity contribution in [2.75, 3.05) is 13.2 Å². The number of aryl methyl sites for hydroxylation is 1. The molecular formula is C32H29F3N6O4. The number of halogens is 3. The Morgan fingerprint density at radius 2 is 1.29 bits per heavy atom. The lowest BCUT2D eigenvalue weighted by Crippen LogP contribution is -2.04. The highest BCUT2D eigenvalue weighted by Crippen LogP contribution is 2.31. The molecule has 0 fully saturated rings. The maximum absolute atomic E-state index is 13.0. The lowest BCUT2D eigenvalue weighted by atomic mass is 10.2. The summed E-state index contributed by atoms with van der Waals surface area (Å²) >= 11 is 0. The normalized spacial score (nSPS) is 11.8. The van der Waals surface area contributed by atoms with E-state index in [0.717, 1.165) is 54.4 Å². The fourth-order valence-corrected chi connectivity index (χ4v) is 4.81. The van der Waals surface area contributed by atoms with Crippen LogP contribution >= 0.6 is 0 Å². The Morgan fingerprint density at radius 1 is 0.644 bits per heavy atom. The maximum Gasteiger partial charge on any atom is 0.416 e. The van der Waals surface area contributed by atoms with Gasteiger partial charge in [-0.1, -0.05) is 6.07 Å². The zero-order chi connectivity index (χ0) is 31.6. The standard InChI is InChI=1S/C32H29F3N6O4/c1-20-6-9-26-28(14-20)39-41(37-26)30-11-8-24(19-31(30)43)44-12-4-2-3-5-13-45-25-17-22(16-23(42)18-25)40-36-27-10-7-21(32(33,34)35)15-29(27)38-40/h6-11,14-19,42-43H,2-5,12-13H2,1H3. The molecule has 0 spiro atoms. The summed E-state index contributed by atoms with van der Waals surface area (Å²) < 4.78 is 50.7. The Bertz CT molecular complexity index is 1970. The van der Waals surface area contributed by atoms with Gasteiger partial charge in [0.25, 0.3) is 0 Å². The smallest absolute Gasteiger partial charge is 0.416 e. The van der Waals surface area contributed by atoms with Crippen molar-refractivity contribution in [1.82, 2.24) is 30.0 Å². The fraction of sp³-hybridized carbons (Fsp3) is 0.250. The minimum absolute atomic E-state index is 0.0176. The van der Waals surface area contributed by atoms with Crippen LogP contribution in [-0.4, -0.2) is 53.4 Å². The van der Waals surface area contributed by atoms with E-state index >= 15 is 0 Å². The lowest BCUT2D eigenvalue weighted by molar-refractivity contribution is -0.137. The molecule has 10 nitrogen and oxygen atoms in total. The maximum atomic E-state index is 13.0. The Labute approximate surface area is 255 Å². The van der Waals surface area contributed by atoms with Crippen LogP contribution in [0, 0.1) is 6.92 Å². The van der Waals surface area contributed by atoms with Crippen LogP contribution in [0.15, 0.2) is 72.8 Å². The molecule has 0 saturated heterocycles. The van der Waals surface area contributed by atoms with Crippen molar-refractivity contribution in [3.8, 4) is 34.4 Å². The Balaban J connectivity index is 0.948. The molecule has 6 aromatic rings. The number of fused-ring (bicyclic) bond motifs is 2. The van der Waals surface area contributed by atoms with E-state index in [9.17, 15) is 23.4 Å². The van der Waals surface area contributed by atoms with Crippen molar-refractivity contribution >= 4 is 22.1 Å². The lowest BCUT2D eigenvalue weighted by Gasteiger charge is -2.10. The number of aromatic nitrogens is 6. The fourth-order valence-electron chi connectivity index (χ4n) is 4.81. The molecule has 0 radical (unpaired) electrons. The van der Waals surface area contributed by atoms with Gasteiger partial charge in [0, 0.05) is 24.3 Å². The van der Waals surface area contributed by atoms with Gasteiger partial charge in [0.05, 0.1) is 24.5 Å². The molecule has 4 aromatic carbocycles. The number of unbranched alkanes of at least 4 members (excludes halogenated alkanes) is 3. The molecule has 0 unspecified atom stereocenters. The second-order valence-electron chi connectivity index (χ2n) is 10.6. The van der Waals surface area contributed by atoms with Gasteiger partial charge in [0.1, 0.15) is 50.8 Å². The monoisotopic (exact) mass is 618 g/mol. The van der Waals surface area contributed by atoms with Crippen LogP contribution in [0.1, 0.15) is 36.8 Å². The zero-order valence-corrected chi connectivity index (χ0v) is 24.2. The largest absolute Gasteiger partial charge is 0.508 e. The quantitative estimate of drug-likeness (QED) is 0.150. The van der Waals surface area contributed by atoms with E-state index in [4.69, 9.17) is 9.47 Å². The van der Waals surface area contributed by atoms with Crippen molar-refractivity contribution in [1.29, 1.82) is 0 Å². The van der Waals surface area contributed by atoms with Crippen molar-refractivity contribution in [3.05, 3.63) is 83.9 Å². The summed E-state index contributed by atoms with van der Waals surface area (Å²) in [6, 6.07) is 18.4. The SMILES string of the molecule is Cc1ccc2nn(-c3ccc(OCCCCCCOc4cc(O)cc(-n5nc6ccc(C(F)(F)F)cc6n5)c4)cc3O)nc2c1. The molecule has 13 heteroatoms. The number of nitrogens with zero attached hydrogens (tertiary/aromatic N) is 6. The first kappa shape index (κ1) is 29.7. The number of hydrogen-bond donors (Lipinski definition) is 2. The summed E-state index contributed by atoms with van der Waals surface area (Å²) in [7, 11) is 0. The first-order valence-corrected chi connectivity index (χ1v) is 14.3. The molecule has 45 heavy (non-hydrogen) atoms. The third-order valence-electron chi connectivity index (χ3n) is 7.09. The van der Waals surface area contributed by atoms with Crippen LogP contribution in [0.2, 0.25) is 0 Å². The van der Waals surface area contributed by atoms with Crippen LogP contribution in [0.4, 0.5) is 13.2 Å². The number of hydrogen-bond acceptors (Lipinski definition) is 8. The van der Waals surface area contributed by atoms with Crippen LogP contribution in [0.5, 0.6) is 23.0 Å². The summed E-state index contributed by atoms with van der Waals surface area (Å²) in [6.07, 6.45) is -1.15. The van der Waals surface area contributed by atoms with E-state index in [1.54, 1.807) is 24.3 Å². The number of phenolic OH excluding ortho intramolecular Hbond substituents is 2. The number of benzene rings is 4. The Kier molecular flexibility index (Phi) is 8.16. The highest BCUT2D eigenvalue weighted by molar-refractivity contribution is 5.75. The van der Waals surface area contributed by atoms with Gasteiger partial charge in [-0.3, -0.25) is 0 Å². The zero-order valence-electron chi connectivity index (χ0n) is 24.2. The first-order chi connectivity index (χ1) is 21.6. The molecule has 0 amide bonds. The van der Waals surface area contributed by atoms with Crippen LogP contribution in [-0.2, 0) is 6.18 Å². The highest BCUT2D eigenvalue weighted by atomic mass is 19.4. The predicted molar refractivity (Wildman–Crippen MR) is 160 cm³/mol. The summed E-state index contributed by atoms with van der Waals surface area (Å²) in [5.74, 6) is 0.874. The highest BCUT2D eigenvalue weighted by Gasteiger charge is 2.31. The Hall–Kier alpha value is -5.33. The molecule has 2 N–H and O–H groups in total. The molecule has 0 aliphatic rings. The number of ether oxygens (including phenoxy) is 2. The van der Waals surface area contributed by atoms with E-state index in [2.05, 4.69) is 20.4 Å². The van der Waals surface area contributed by atoms with E-state index in [-0.39, 0.29) is 17.0 Å². The Morgan fingerprint density at radius 3 is 2.02 bits per heavy atom. The van der Waals surface area contributed by atoms with Gasteiger partial charge in [0.15, 0.2) is 0 Å². The average molecular weight is 619 g/mol. The average Bonchev–Trinajstić information content (AvgIpc) is 3.61. The molecule has 0 aliphatic heterocycles. The van der Waals surface area contributed by atoms with Crippen molar-refractivity contribution in [2.24, 2.45) is 0 Å². The van der Waals surface area contributed by atoms with Gasteiger partial charge in [-0.25, -0.2) is 0 Å².